The molecule has 80 valence electrons. The second kappa shape index (κ2) is 4.01. The summed E-state index contributed by atoms with van der Waals surface area (Å²) < 4.78 is 12.6. The number of amides is 1. The van der Waals surface area contributed by atoms with Crippen LogP contribution in [0.5, 0.6) is 0 Å². The van der Waals surface area contributed by atoms with Crippen molar-refractivity contribution < 1.29 is 9.18 Å². The van der Waals surface area contributed by atoms with Crippen LogP contribution in [0.25, 0.3) is 0 Å². The van der Waals surface area contributed by atoms with Gasteiger partial charge in [-0.3, -0.25) is 4.79 Å². The lowest BCUT2D eigenvalue weighted by molar-refractivity contribution is -0.123. The molecule has 1 amide bonds. The fourth-order valence-corrected chi connectivity index (χ4v) is 1.58. The maximum atomic E-state index is 12.6. The molecule has 3 heteroatoms. The van der Waals surface area contributed by atoms with Gasteiger partial charge in [0, 0.05) is 0 Å². The predicted octanol–water partition coefficient (Wildman–Crippen LogP) is 2.22. The Balaban J connectivity index is 1.92. The largest absolute Gasteiger partial charge is 0.349 e. The van der Waals surface area contributed by atoms with Crippen LogP contribution < -0.4 is 5.32 Å². The normalized spacial score (nSPS) is 25.7. The van der Waals surface area contributed by atoms with Gasteiger partial charge in [0.25, 0.3) is 0 Å². The number of nitrogens with one attached hydrogen (secondary N) is 1. The fourth-order valence-electron chi connectivity index (χ4n) is 1.58. The van der Waals surface area contributed by atoms with E-state index in [1.165, 1.54) is 0 Å². The molecule has 2 rings (SSSR count). The van der Waals surface area contributed by atoms with Crippen molar-refractivity contribution in [1.82, 2.24) is 5.32 Å². The molecule has 1 aromatic rings. The van der Waals surface area contributed by atoms with Crippen molar-refractivity contribution in [2.24, 2.45) is 5.92 Å². The monoisotopic (exact) mass is 207 g/mol. The third kappa shape index (κ3) is 2.35. The molecule has 1 aliphatic rings. The number of carbonyl (C=O) groups excluding carboxylic acids is 1. The summed E-state index contributed by atoms with van der Waals surface area (Å²) in [6.45, 7) is 1.91. The first-order valence-electron chi connectivity index (χ1n) is 5.18. The zero-order chi connectivity index (χ0) is 10.8. The Hall–Kier alpha value is -1.38. The summed E-state index contributed by atoms with van der Waals surface area (Å²) in [5.74, 6) is -0.574. The van der Waals surface area contributed by atoms with E-state index in [1.807, 2.05) is 37.3 Å². The van der Waals surface area contributed by atoms with Crippen molar-refractivity contribution in [2.75, 3.05) is 0 Å². The minimum Gasteiger partial charge on any atom is -0.349 e. The number of rotatable bonds is 3. The van der Waals surface area contributed by atoms with Gasteiger partial charge in [-0.25, -0.2) is 4.39 Å². The quantitative estimate of drug-likeness (QED) is 0.809. The maximum absolute atomic E-state index is 12.6. The van der Waals surface area contributed by atoms with Crippen molar-refractivity contribution >= 4 is 5.91 Å². The van der Waals surface area contributed by atoms with E-state index in [1.54, 1.807) is 0 Å². The molecule has 0 unspecified atom stereocenters. The molecule has 0 aromatic heterocycles. The highest BCUT2D eigenvalue weighted by Crippen LogP contribution is 2.34. The Labute approximate surface area is 88.5 Å². The molecule has 1 aliphatic carbocycles. The van der Waals surface area contributed by atoms with Crippen molar-refractivity contribution in [3.05, 3.63) is 35.9 Å². The minimum atomic E-state index is -0.923. The molecule has 0 spiro atoms. The van der Waals surface area contributed by atoms with Crippen LogP contribution >= 0.6 is 0 Å². The van der Waals surface area contributed by atoms with E-state index in [-0.39, 0.29) is 11.9 Å². The van der Waals surface area contributed by atoms with Crippen LogP contribution in [0.15, 0.2) is 30.3 Å². The van der Waals surface area contributed by atoms with Gasteiger partial charge in [-0.05, 0) is 18.9 Å². The fraction of sp³-hybridized carbons (Fsp3) is 0.417. The van der Waals surface area contributed by atoms with E-state index < -0.39 is 12.1 Å². The zero-order valence-corrected chi connectivity index (χ0v) is 8.61. The summed E-state index contributed by atoms with van der Waals surface area (Å²) in [6.07, 6.45) is -0.541. The Bertz CT molecular complexity index is 352. The Kier molecular flexibility index (Phi) is 2.71. The first kappa shape index (κ1) is 10.1. The van der Waals surface area contributed by atoms with Gasteiger partial charge in [0.1, 0.15) is 6.17 Å². The van der Waals surface area contributed by atoms with Crippen LogP contribution in [0, 0.1) is 5.92 Å². The average molecular weight is 207 g/mol. The second-order valence-electron chi connectivity index (χ2n) is 4.00. The van der Waals surface area contributed by atoms with Crippen LogP contribution in [0.1, 0.15) is 24.9 Å². The molecule has 15 heavy (non-hydrogen) atoms. The van der Waals surface area contributed by atoms with Crippen molar-refractivity contribution in [1.29, 1.82) is 0 Å². The molecule has 1 N–H and O–H groups in total. The van der Waals surface area contributed by atoms with Crippen LogP contribution in [-0.4, -0.2) is 12.1 Å². The minimum absolute atomic E-state index is 0.0495. The van der Waals surface area contributed by atoms with Crippen LogP contribution in [0.3, 0.4) is 0 Å². The van der Waals surface area contributed by atoms with E-state index in [2.05, 4.69) is 5.32 Å². The number of halogens is 1. The van der Waals surface area contributed by atoms with E-state index in [0.717, 1.165) is 5.56 Å². The molecular formula is C12H14FNO. The van der Waals surface area contributed by atoms with Crippen LogP contribution in [0.4, 0.5) is 4.39 Å². The molecule has 1 saturated carbocycles. The highest BCUT2D eigenvalue weighted by atomic mass is 19.1. The molecule has 2 nitrogen and oxygen atoms in total. The maximum Gasteiger partial charge on any atom is 0.226 e. The van der Waals surface area contributed by atoms with Gasteiger partial charge in [0.2, 0.25) is 5.91 Å². The number of hydrogen-bond donors (Lipinski definition) is 1. The summed E-state index contributed by atoms with van der Waals surface area (Å²) >= 11 is 0. The Morgan fingerprint density at radius 3 is 2.60 bits per heavy atom. The molecule has 0 heterocycles. The van der Waals surface area contributed by atoms with Gasteiger partial charge < -0.3 is 5.32 Å². The van der Waals surface area contributed by atoms with Gasteiger partial charge in [-0.15, -0.1) is 0 Å². The average Bonchev–Trinajstić information content (AvgIpc) is 2.97. The molecule has 0 aliphatic heterocycles. The first-order valence-corrected chi connectivity index (χ1v) is 5.18. The summed E-state index contributed by atoms with van der Waals surface area (Å²) in [4.78, 5) is 11.4. The van der Waals surface area contributed by atoms with Crippen LogP contribution in [-0.2, 0) is 4.79 Å². The third-order valence-electron chi connectivity index (χ3n) is 2.71. The van der Waals surface area contributed by atoms with Gasteiger partial charge in [-0.2, -0.15) is 0 Å². The van der Waals surface area contributed by atoms with E-state index in [0.29, 0.717) is 6.42 Å². The summed E-state index contributed by atoms with van der Waals surface area (Å²) in [6, 6.07) is 9.62. The number of hydrogen-bond acceptors (Lipinski definition) is 1. The molecule has 3 atom stereocenters. The highest BCUT2D eigenvalue weighted by molar-refractivity contribution is 5.82. The summed E-state index contributed by atoms with van der Waals surface area (Å²) in [5, 5.41) is 2.81. The lowest BCUT2D eigenvalue weighted by Crippen LogP contribution is -2.28. The molecule has 0 radical (unpaired) electrons. The summed E-state index contributed by atoms with van der Waals surface area (Å²) in [5.41, 5.74) is 1.04. The topological polar surface area (TPSA) is 29.1 Å². The molecule has 0 bridgehead atoms. The Morgan fingerprint density at radius 2 is 2.07 bits per heavy atom. The number of alkyl halides is 1. The zero-order valence-electron chi connectivity index (χ0n) is 8.61. The van der Waals surface area contributed by atoms with Crippen LogP contribution in [0.2, 0.25) is 0 Å². The van der Waals surface area contributed by atoms with Gasteiger partial charge in [0.15, 0.2) is 0 Å². The molecule has 0 saturated heterocycles. The SMILES string of the molecule is C[C@@H](NC(=O)[C@H]1C[C@@H]1F)c1ccccc1. The standard InChI is InChI=1S/C12H14FNO/c1-8(9-5-3-2-4-6-9)14-12(15)10-7-11(10)13/h2-6,8,10-11H,7H2,1H3,(H,14,15)/t8-,10+,11+/m1/s1. The molecular weight excluding hydrogens is 193 g/mol. The molecule has 1 fully saturated rings. The first-order chi connectivity index (χ1) is 7.18. The number of benzene rings is 1. The third-order valence-corrected chi connectivity index (χ3v) is 2.71. The smallest absolute Gasteiger partial charge is 0.226 e. The lowest BCUT2D eigenvalue weighted by atomic mass is 10.1. The number of carbonyl (C=O) groups is 1. The van der Waals surface area contributed by atoms with E-state index >= 15 is 0 Å². The van der Waals surface area contributed by atoms with E-state index in [4.69, 9.17) is 0 Å². The van der Waals surface area contributed by atoms with Crippen molar-refractivity contribution in [3.63, 3.8) is 0 Å². The lowest BCUT2D eigenvalue weighted by Gasteiger charge is -2.13. The highest BCUT2D eigenvalue weighted by Gasteiger charge is 2.43. The second-order valence-corrected chi connectivity index (χ2v) is 4.00. The van der Waals surface area contributed by atoms with Gasteiger partial charge in [0.05, 0.1) is 12.0 Å². The van der Waals surface area contributed by atoms with Gasteiger partial charge >= 0.3 is 0 Å². The molecule has 1 aromatic carbocycles. The predicted molar refractivity (Wildman–Crippen MR) is 56.0 cm³/mol. The van der Waals surface area contributed by atoms with Crippen molar-refractivity contribution in [3.8, 4) is 0 Å². The Morgan fingerprint density at radius 1 is 1.47 bits per heavy atom. The van der Waals surface area contributed by atoms with E-state index in [9.17, 15) is 9.18 Å². The van der Waals surface area contributed by atoms with Crippen molar-refractivity contribution in [2.45, 2.75) is 25.6 Å². The summed E-state index contributed by atoms with van der Waals surface area (Å²) in [7, 11) is 0. The van der Waals surface area contributed by atoms with Gasteiger partial charge in [-0.1, -0.05) is 30.3 Å².